The Hall–Kier alpha value is -2.93. The summed E-state index contributed by atoms with van der Waals surface area (Å²) in [4.78, 5) is 11.8. The average molecular weight is 368 g/mol. The molecule has 3 aliphatic rings. The second kappa shape index (κ2) is 6.35. The van der Waals surface area contributed by atoms with E-state index in [9.17, 15) is 4.79 Å². The van der Waals surface area contributed by atoms with Crippen LogP contribution < -0.4 is 30.0 Å². The van der Waals surface area contributed by atoms with E-state index < -0.39 is 5.91 Å². The van der Waals surface area contributed by atoms with Crippen molar-refractivity contribution < 1.29 is 23.7 Å². The molecule has 0 bridgehead atoms. The molecule has 1 fully saturated rings. The van der Waals surface area contributed by atoms with E-state index in [4.69, 9.17) is 24.7 Å². The summed E-state index contributed by atoms with van der Waals surface area (Å²) >= 11 is 0. The van der Waals surface area contributed by atoms with Crippen molar-refractivity contribution in [2.75, 3.05) is 19.9 Å². The van der Waals surface area contributed by atoms with Gasteiger partial charge < -0.3 is 30.0 Å². The number of primary amides is 1. The highest BCUT2D eigenvalue weighted by atomic mass is 16.7. The quantitative estimate of drug-likeness (QED) is 0.864. The molecule has 7 heteroatoms. The Morgan fingerprint density at radius 3 is 2.63 bits per heavy atom. The monoisotopic (exact) mass is 368 g/mol. The second-order valence-corrected chi connectivity index (χ2v) is 6.97. The normalized spacial score (nSPS) is 20.7. The van der Waals surface area contributed by atoms with Crippen LogP contribution in [0.2, 0.25) is 0 Å². The number of nitrogens with one attached hydrogen (secondary N) is 1. The maximum absolute atomic E-state index is 11.8. The summed E-state index contributed by atoms with van der Waals surface area (Å²) in [6, 6.07) is 9.04. The lowest BCUT2D eigenvalue weighted by molar-refractivity contribution is -0.0147. The fraction of sp³-hybridized carbons (Fsp3) is 0.350. The number of ether oxygens (including phenoxy) is 4. The Kier molecular flexibility index (Phi) is 3.82. The van der Waals surface area contributed by atoms with Crippen molar-refractivity contribution >= 4 is 5.91 Å². The molecule has 27 heavy (non-hydrogen) atoms. The minimum absolute atomic E-state index is 0.204. The van der Waals surface area contributed by atoms with Crippen molar-refractivity contribution in [2.45, 2.75) is 19.1 Å². The average Bonchev–Trinajstić information content (AvgIpc) is 3.33. The van der Waals surface area contributed by atoms with Crippen LogP contribution >= 0.6 is 0 Å². The molecule has 5 rings (SSSR count). The van der Waals surface area contributed by atoms with E-state index in [1.807, 2.05) is 18.2 Å². The number of amides is 1. The first-order valence-corrected chi connectivity index (χ1v) is 9.11. The number of hydrogen-bond donors (Lipinski definition) is 2. The molecule has 3 N–H and O–H groups in total. The van der Waals surface area contributed by atoms with Gasteiger partial charge in [0.25, 0.3) is 0 Å². The third-order valence-electron chi connectivity index (χ3n) is 5.27. The van der Waals surface area contributed by atoms with E-state index in [1.54, 1.807) is 12.1 Å². The molecule has 3 aliphatic heterocycles. The minimum Gasteiger partial charge on any atom is -0.454 e. The summed E-state index contributed by atoms with van der Waals surface area (Å²) < 4.78 is 23.2. The van der Waals surface area contributed by atoms with Gasteiger partial charge in [-0.2, -0.15) is 0 Å². The molecule has 2 aromatic rings. The number of hydrogen-bond acceptors (Lipinski definition) is 6. The van der Waals surface area contributed by atoms with E-state index in [0.717, 1.165) is 37.1 Å². The molecule has 1 atom stereocenters. The maximum Gasteiger partial charge on any atom is 0.248 e. The highest BCUT2D eigenvalue weighted by Gasteiger charge is 2.35. The summed E-state index contributed by atoms with van der Waals surface area (Å²) in [6.45, 7) is 2.10. The van der Waals surface area contributed by atoms with Crippen LogP contribution in [0.5, 0.6) is 23.0 Å². The van der Waals surface area contributed by atoms with Gasteiger partial charge in [-0.1, -0.05) is 6.07 Å². The van der Waals surface area contributed by atoms with Crippen LogP contribution in [0.3, 0.4) is 0 Å². The van der Waals surface area contributed by atoms with Gasteiger partial charge in [-0.05, 0) is 55.8 Å². The van der Waals surface area contributed by atoms with Crippen LogP contribution in [0, 0.1) is 5.92 Å². The summed E-state index contributed by atoms with van der Waals surface area (Å²) in [7, 11) is 0. The second-order valence-electron chi connectivity index (χ2n) is 6.97. The van der Waals surface area contributed by atoms with Crippen molar-refractivity contribution in [3.05, 3.63) is 35.9 Å². The molecule has 0 spiro atoms. The highest BCUT2D eigenvalue weighted by molar-refractivity contribution is 5.96. The van der Waals surface area contributed by atoms with Crippen molar-refractivity contribution in [3.63, 3.8) is 0 Å². The highest BCUT2D eigenvalue weighted by Crippen LogP contribution is 2.47. The van der Waals surface area contributed by atoms with Crippen LogP contribution in [0.1, 0.15) is 23.2 Å². The molecule has 0 saturated carbocycles. The van der Waals surface area contributed by atoms with Gasteiger partial charge in [0.05, 0.1) is 0 Å². The van der Waals surface area contributed by atoms with Gasteiger partial charge in [-0.3, -0.25) is 4.79 Å². The van der Waals surface area contributed by atoms with Crippen LogP contribution in [0.25, 0.3) is 11.1 Å². The number of fused-ring (bicyclic) bond motifs is 2. The van der Waals surface area contributed by atoms with Gasteiger partial charge in [0.15, 0.2) is 23.0 Å². The third-order valence-corrected chi connectivity index (χ3v) is 5.27. The van der Waals surface area contributed by atoms with Gasteiger partial charge in [0, 0.05) is 17.0 Å². The smallest absolute Gasteiger partial charge is 0.248 e. The molecule has 1 amide bonds. The van der Waals surface area contributed by atoms with E-state index in [2.05, 4.69) is 5.32 Å². The van der Waals surface area contributed by atoms with Gasteiger partial charge in [0.2, 0.25) is 19.0 Å². The number of piperidine rings is 1. The first kappa shape index (κ1) is 16.3. The van der Waals surface area contributed by atoms with Crippen molar-refractivity contribution in [1.82, 2.24) is 5.32 Å². The predicted octanol–water partition coefficient (Wildman–Crippen LogP) is 2.28. The number of nitrogens with two attached hydrogens (primary N) is 1. The number of carbonyl (C=O) groups is 1. The Bertz CT molecular complexity index is 907. The van der Waals surface area contributed by atoms with Crippen molar-refractivity contribution in [3.8, 4) is 34.1 Å². The molecule has 1 unspecified atom stereocenters. The SMILES string of the molecule is NC(=O)c1cc2c(c(-c3ccc4c(c3)OCO4)c1)OC(C1CCNCC1)O2. The van der Waals surface area contributed by atoms with Gasteiger partial charge >= 0.3 is 0 Å². The van der Waals surface area contributed by atoms with Crippen molar-refractivity contribution in [2.24, 2.45) is 11.7 Å². The standard InChI is InChI=1S/C20H20N2O5/c21-19(23)13-7-14(12-1-2-15-16(8-12)25-10-24-15)18-17(9-13)26-20(27-18)11-3-5-22-6-4-11/h1-2,7-9,11,20,22H,3-6,10H2,(H2,21,23). The molecule has 1 saturated heterocycles. The molecule has 7 nitrogen and oxygen atoms in total. The summed E-state index contributed by atoms with van der Waals surface area (Å²) in [5, 5.41) is 3.35. The first-order valence-electron chi connectivity index (χ1n) is 9.11. The molecule has 140 valence electrons. The molecular formula is C20H20N2O5. The van der Waals surface area contributed by atoms with E-state index in [1.165, 1.54) is 0 Å². The maximum atomic E-state index is 11.8. The number of carbonyl (C=O) groups excluding carboxylic acids is 1. The van der Waals surface area contributed by atoms with Crippen molar-refractivity contribution in [1.29, 1.82) is 0 Å². The van der Waals surface area contributed by atoms with E-state index in [0.29, 0.717) is 34.5 Å². The Morgan fingerprint density at radius 2 is 1.81 bits per heavy atom. The molecule has 3 heterocycles. The van der Waals surface area contributed by atoms with Gasteiger partial charge in [-0.25, -0.2) is 0 Å². The molecule has 0 aliphatic carbocycles. The summed E-state index contributed by atoms with van der Waals surface area (Å²) in [6.07, 6.45) is 1.62. The Balaban J connectivity index is 1.55. The lowest BCUT2D eigenvalue weighted by Crippen LogP contribution is -2.37. The van der Waals surface area contributed by atoms with Crippen LogP contribution in [-0.4, -0.2) is 32.1 Å². The fourth-order valence-corrected chi connectivity index (χ4v) is 3.81. The largest absolute Gasteiger partial charge is 0.454 e. The zero-order valence-corrected chi connectivity index (χ0v) is 14.7. The zero-order chi connectivity index (χ0) is 18.4. The Morgan fingerprint density at radius 1 is 1.00 bits per heavy atom. The Labute approximate surface area is 156 Å². The number of benzene rings is 2. The molecular weight excluding hydrogens is 348 g/mol. The first-order chi connectivity index (χ1) is 13.2. The van der Waals surface area contributed by atoms with E-state index >= 15 is 0 Å². The fourth-order valence-electron chi connectivity index (χ4n) is 3.81. The van der Waals surface area contributed by atoms with Crippen LogP contribution in [-0.2, 0) is 0 Å². The lowest BCUT2D eigenvalue weighted by atomic mass is 9.97. The minimum atomic E-state index is -0.506. The van der Waals surface area contributed by atoms with Gasteiger partial charge in [-0.15, -0.1) is 0 Å². The van der Waals surface area contributed by atoms with Gasteiger partial charge in [0.1, 0.15) is 0 Å². The topological polar surface area (TPSA) is 92.0 Å². The zero-order valence-electron chi connectivity index (χ0n) is 14.7. The summed E-state index contributed by atoms with van der Waals surface area (Å²) in [5.74, 6) is 2.37. The third kappa shape index (κ3) is 2.84. The van der Waals surface area contributed by atoms with E-state index in [-0.39, 0.29) is 13.1 Å². The number of rotatable bonds is 3. The molecule has 0 radical (unpaired) electrons. The summed E-state index contributed by atoms with van der Waals surface area (Å²) in [5.41, 5.74) is 7.53. The predicted molar refractivity (Wildman–Crippen MR) is 97.2 cm³/mol. The molecule has 0 aromatic heterocycles. The van der Waals surface area contributed by atoms with Crippen LogP contribution in [0.4, 0.5) is 0 Å². The molecule has 2 aromatic carbocycles. The van der Waals surface area contributed by atoms with Crippen LogP contribution in [0.15, 0.2) is 30.3 Å². The lowest BCUT2D eigenvalue weighted by Gasteiger charge is -2.26.